The van der Waals surface area contributed by atoms with E-state index in [2.05, 4.69) is 134 Å². The average Bonchev–Trinajstić information content (AvgIpc) is 4.15. The van der Waals surface area contributed by atoms with Crippen LogP contribution in [-0.2, 0) is 46.5 Å². The third kappa shape index (κ3) is 14.2. The first-order valence-electron chi connectivity index (χ1n) is 21.8. The van der Waals surface area contributed by atoms with E-state index in [-0.39, 0.29) is 30.5 Å². The molecule has 5 aliphatic carbocycles. The van der Waals surface area contributed by atoms with Gasteiger partial charge in [0.1, 0.15) is 6.73 Å². The molecule has 0 spiro atoms. The van der Waals surface area contributed by atoms with Gasteiger partial charge in [0.25, 0.3) is 5.91 Å². The molecule has 2 atom stereocenters. The number of Topliss-reactive ketones (excluding diaryl/α,β-unsaturated/α-hetero) is 1. The molecule has 0 saturated carbocycles. The van der Waals surface area contributed by atoms with Crippen LogP contribution in [0.2, 0.25) is 0 Å². The lowest BCUT2D eigenvalue weighted by Gasteiger charge is -2.13. The van der Waals surface area contributed by atoms with Crippen molar-refractivity contribution < 1.29 is 24.6 Å². The lowest BCUT2D eigenvalue weighted by Crippen LogP contribution is -2.28. The molecule has 68 heavy (non-hydrogen) atoms. The summed E-state index contributed by atoms with van der Waals surface area (Å²) in [5.41, 5.74) is 28.5. The fraction of sp³-hybridized carbons (Fsp3) is 0.218. The minimum atomic E-state index is -0.827. The van der Waals surface area contributed by atoms with Crippen molar-refractivity contribution in [3.63, 3.8) is 0 Å². The zero-order chi connectivity index (χ0) is 49.4. The van der Waals surface area contributed by atoms with Gasteiger partial charge in [0.15, 0.2) is 5.78 Å². The number of benzene rings is 5. The number of aliphatic hydroxyl groups is 1. The minimum absolute atomic E-state index is 0.116. The molecule has 0 fully saturated rings. The number of aliphatic hydroxyl groups excluding tert-OH is 1. The van der Waals surface area contributed by atoms with E-state index in [9.17, 15) is 14.4 Å². The molecule has 0 aliphatic heterocycles. The van der Waals surface area contributed by atoms with E-state index >= 15 is 0 Å². The first-order chi connectivity index (χ1) is 32.3. The van der Waals surface area contributed by atoms with E-state index in [1.54, 1.807) is 20.0 Å². The maximum atomic E-state index is 11.8. The number of nitrogens with zero attached hydrogens (tertiary/aromatic N) is 1. The number of ketones is 1. The van der Waals surface area contributed by atoms with Crippen molar-refractivity contribution in [3.05, 3.63) is 197 Å². The van der Waals surface area contributed by atoms with Crippen molar-refractivity contribution in [2.24, 2.45) is 11.5 Å². The van der Waals surface area contributed by atoms with Gasteiger partial charge in [0.05, 0.1) is 0 Å². The second-order valence-corrected chi connectivity index (χ2v) is 21.7. The molecule has 0 radical (unpaired) electrons. The van der Waals surface area contributed by atoms with Gasteiger partial charge in [-0.25, -0.2) is 4.79 Å². The van der Waals surface area contributed by atoms with E-state index < -0.39 is 5.97 Å². The third-order valence-corrected chi connectivity index (χ3v) is 14.3. The van der Waals surface area contributed by atoms with Crippen LogP contribution in [0.4, 0.5) is 0 Å². The summed E-state index contributed by atoms with van der Waals surface area (Å²) in [6, 6.07) is 31.0. The van der Waals surface area contributed by atoms with Gasteiger partial charge < -0.3 is 26.6 Å². The Labute approximate surface area is 440 Å². The molecule has 10 rings (SSSR count). The van der Waals surface area contributed by atoms with E-state index in [1.807, 2.05) is 74.5 Å². The number of carboxylic acids is 1. The van der Waals surface area contributed by atoms with Crippen LogP contribution in [0.1, 0.15) is 76.4 Å². The number of carbonyl (C=O) groups is 3. The van der Waals surface area contributed by atoms with Crippen LogP contribution in [0.3, 0.4) is 0 Å². The highest BCUT2D eigenvalue weighted by molar-refractivity contribution is 9.11. The van der Waals surface area contributed by atoms with Gasteiger partial charge >= 0.3 is 5.97 Å². The van der Waals surface area contributed by atoms with Gasteiger partial charge in [-0.15, -0.1) is 0 Å². The zero-order valence-electron chi connectivity index (χ0n) is 38.1. The molecule has 8 nitrogen and oxygen atoms in total. The highest BCUT2D eigenvalue weighted by Gasteiger charge is 2.22. The summed E-state index contributed by atoms with van der Waals surface area (Å²) in [6.07, 6.45) is 14.0. The molecule has 0 saturated heterocycles. The van der Waals surface area contributed by atoms with Crippen molar-refractivity contribution in [3.8, 4) is 0 Å². The summed E-state index contributed by atoms with van der Waals surface area (Å²) in [5, 5.41) is 17.7. The molecule has 0 aromatic heterocycles. The molecular formula is C55H52Br5N3O5. The van der Waals surface area contributed by atoms with Gasteiger partial charge in [-0.2, -0.15) is 0 Å². The number of nitrogens with two attached hydrogens (primary N) is 2. The number of aliphatic carboxylic acids is 1. The summed E-state index contributed by atoms with van der Waals surface area (Å²) in [4.78, 5) is 34.9. The van der Waals surface area contributed by atoms with Crippen molar-refractivity contribution >= 4 is 128 Å². The van der Waals surface area contributed by atoms with Crippen LogP contribution in [0.5, 0.6) is 0 Å². The van der Waals surface area contributed by atoms with Crippen LogP contribution in [-0.4, -0.2) is 58.6 Å². The fourth-order valence-electron chi connectivity index (χ4n) is 8.01. The molecule has 352 valence electrons. The van der Waals surface area contributed by atoms with Crippen LogP contribution in [0.15, 0.2) is 141 Å². The SMILES string of the molecule is CC(=O)C1=Cc2ccc(Br)cc2C1.CC(N)C1=Cc2ccc(Br)cc2C1.CC(N)C1=Cc2ccc(Br)cc2C1.CN(CO)C(=O)C1=Cc2ccc(Br)cc2C1.O=C(O)C1=Cc2ccc(Br)cc2C1. The molecule has 0 bridgehead atoms. The van der Waals surface area contributed by atoms with Crippen LogP contribution < -0.4 is 11.5 Å². The molecule has 5 aromatic carbocycles. The Bertz CT molecular complexity index is 2780. The smallest absolute Gasteiger partial charge is 0.331 e. The topological polar surface area (TPSA) is 147 Å². The van der Waals surface area contributed by atoms with Crippen molar-refractivity contribution in [1.29, 1.82) is 0 Å². The van der Waals surface area contributed by atoms with Gasteiger partial charge in [0, 0.05) is 71.9 Å². The molecule has 2 unspecified atom stereocenters. The quantitative estimate of drug-likeness (QED) is 0.124. The first-order valence-corrected chi connectivity index (χ1v) is 25.8. The number of fused-ring (bicyclic) bond motifs is 5. The molecule has 0 heterocycles. The summed E-state index contributed by atoms with van der Waals surface area (Å²) < 4.78 is 5.37. The fourth-order valence-corrected chi connectivity index (χ4v) is 10.1. The average molecular weight is 1230 g/mol. The van der Waals surface area contributed by atoms with E-state index in [0.717, 1.165) is 75.0 Å². The normalized spacial score (nSPS) is 14.8. The Hall–Kier alpha value is -4.31. The van der Waals surface area contributed by atoms with E-state index in [1.165, 1.54) is 49.4 Å². The lowest BCUT2D eigenvalue weighted by molar-refractivity contribution is -0.132. The monoisotopic (exact) mass is 1230 g/mol. The Morgan fingerprint density at radius 2 is 0.809 bits per heavy atom. The maximum Gasteiger partial charge on any atom is 0.331 e. The number of rotatable bonds is 6. The van der Waals surface area contributed by atoms with Crippen molar-refractivity contribution in [2.45, 2.75) is 65.0 Å². The van der Waals surface area contributed by atoms with E-state index in [4.69, 9.17) is 21.7 Å². The van der Waals surface area contributed by atoms with Gasteiger partial charge in [-0.1, -0.05) is 122 Å². The number of carboxylic acid groups (broad SMARTS) is 1. The number of allylic oxidation sites excluding steroid dienone is 1. The zero-order valence-corrected chi connectivity index (χ0v) is 46.0. The largest absolute Gasteiger partial charge is 0.478 e. The number of carbonyl (C=O) groups excluding carboxylic acids is 2. The summed E-state index contributed by atoms with van der Waals surface area (Å²) >= 11 is 17.1. The summed E-state index contributed by atoms with van der Waals surface area (Å²) in [5.74, 6) is -0.769. The Balaban J connectivity index is 0.000000140. The highest BCUT2D eigenvalue weighted by Crippen LogP contribution is 2.32. The van der Waals surface area contributed by atoms with Crippen molar-refractivity contribution in [2.75, 3.05) is 13.8 Å². The highest BCUT2D eigenvalue weighted by atomic mass is 79.9. The molecule has 13 heteroatoms. The third-order valence-electron chi connectivity index (χ3n) is 11.9. The lowest BCUT2D eigenvalue weighted by atomic mass is 10.1. The predicted molar refractivity (Wildman–Crippen MR) is 295 cm³/mol. The van der Waals surface area contributed by atoms with Gasteiger partial charge in [-0.3, -0.25) is 9.59 Å². The van der Waals surface area contributed by atoms with Gasteiger partial charge in [0.2, 0.25) is 0 Å². The number of halogens is 5. The second kappa shape index (κ2) is 24.0. The van der Waals surface area contributed by atoms with Gasteiger partial charge in [-0.05, 0) is 185 Å². The van der Waals surface area contributed by atoms with E-state index in [0.29, 0.717) is 18.4 Å². The number of hydrogen-bond acceptors (Lipinski definition) is 6. The Kier molecular flexibility index (Phi) is 18.7. The predicted octanol–water partition coefficient (Wildman–Crippen LogP) is 12.7. The number of amides is 1. The second-order valence-electron chi connectivity index (χ2n) is 17.1. The molecular weight excluding hydrogens is 1180 g/mol. The molecule has 6 N–H and O–H groups in total. The Morgan fingerprint density at radius 1 is 0.515 bits per heavy atom. The molecule has 5 aromatic rings. The molecule has 5 aliphatic rings. The van der Waals surface area contributed by atoms with Crippen LogP contribution in [0, 0.1) is 0 Å². The summed E-state index contributed by atoms with van der Waals surface area (Å²) in [7, 11) is 1.59. The standard InChI is InChI=1S/C12H12BrNO2.2C11H12BrN.C11H9BrO.C10H7BrO2/c1-14(7-15)12(16)10-4-8-2-3-11(13)6-9(8)5-10;3*1-7(13)9-4-8-2-3-11(12)6-10(8)5-9;11-9-2-1-6-3-8(10(12)13)4-7(6)5-9/h2-4,6,15H,5,7H2,1H3;2*2-4,6-7H,5,13H2,1H3;2-4,6H,5H2,1H3;1-3,5H,4H2,(H,12,13). The maximum absolute atomic E-state index is 11.8. The van der Waals surface area contributed by atoms with Crippen LogP contribution >= 0.6 is 79.6 Å². The summed E-state index contributed by atoms with van der Waals surface area (Å²) in [6.45, 7) is 5.43. The van der Waals surface area contributed by atoms with Crippen molar-refractivity contribution in [1.82, 2.24) is 4.90 Å². The number of likely N-dealkylation sites (N-methyl/N-ethyl adjacent to an activating group) is 1. The minimum Gasteiger partial charge on any atom is -0.478 e. The number of hydrogen-bond donors (Lipinski definition) is 4. The molecule has 1 amide bonds. The Morgan fingerprint density at radius 3 is 1.13 bits per heavy atom. The van der Waals surface area contributed by atoms with Crippen LogP contribution in [0.25, 0.3) is 30.4 Å². The first kappa shape index (κ1) is 53.0.